The van der Waals surface area contributed by atoms with Gasteiger partial charge in [-0.2, -0.15) is 0 Å². The van der Waals surface area contributed by atoms with Gasteiger partial charge in [0.05, 0.1) is 16.1 Å². The summed E-state index contributed by atoms with van der Waals surface area (Å²) in [6, 6.07) is 12.5. The van der Waals surface area contributed by atoms with Crippen LogP contribution in [0, 0.1) is 0 Å². The van der Waals surface area contributed by atoms with Crippen molar-refractivity contribution in [1.82, 2.24) is 9.97 Å². The van der Waals surface area contributed by atoms with E-state index in [4.69, 9.17) is 21.1 Å². The van der Waals surface area contributed by atoms with Crippen molar-refractivity contribution in [3.05, 3.63) is 59.9 Å². The summed E-state index contributed by atoms with van der Waals surface area (Å²) in [5, 5.41) is 10.5. The minimum atomic E-state index is -0.774. The summed E-state index contributed by atoms with van der Waals surface area (Å²) in [6.45, 7) is 0.202. The number of hydrogen-bond donors (Lipinski definition) is 1. The fraction of sp³-hybridized carbons (Fsp3) is 0.176. The van der Waals surface area contributed by atoms with E-state index >= 15 is 0 Å². The van der Waals surface area contributed by atoms with E-state index in [2.05, 4.69) is 9.97 Å². The highest BCUT2D eigenvalue weighted by molar-refractivity contribution is 6.32. The number of nitrogens with zero attached hydrogens (tertiary/aromatic N) is 2. The van der Waals surface area contributed by atoms with E-state index < -0.39 is 6.10 Å². The summed E-state index contributed by atoms with van der Waals surface area (Å²) in [5.74, 6) is 1.16. The third-order valence-electron chi connectivity index (χ3n) is 3.15. The van der Waals surface area contributed by atoms with Crippen LogP contribution in [-0.4, -0.2) is 34.4 Å². The minimum absolute atomic E-state index is 0.0944. The van der Waals surface area contributed by atoms with Crippen LogP contribution in [0.1, 0.15) is 0 Å². The maximum Gasteiger partial charge on any atom is 0.138 e. The fourth-order valence-corrected chi connectivity index (χ4v) is 2.21. The molecule has 1 aromatic heterocycles. The number of hydrogen-bond acceptors (Lipinski definition) is 5. The molecule has 1 heterocycles. The summed E-state index contributed by atoms with van der Waals surface area (Å²) >= 11 is 5.99. The lowest BCUT2D eigenvalue weighted by atomic mass is 10.3. The summed E-state index contributed by atoms with van der Waals surface area (Å²) < 4.78 is 11.0. The molecule has 5 nitrogen and oxygen atoms in total. The molecule has 3 rings (SSSR count). The normalized spacial score (nSPS) is 12.1. The molecular weight excluding hydrogens is 316 g/mol. The molecule has 2 aromatic carbocycles. The molecule has 0 aliphatic carbocycles. The van der Waals surface area contributed by atoms with Gasteiger partial charge in [0.15, 0.2) is 0 Å². The predicted octanol–water partition coefficient (Wildman–Crippen LogP) is 3.10. The van der Waals surface area contributed by atoms with Crippen molar-refractivity contribution in [1.29, 1.82) is 0 Å². The Balaban J connectivity index is 1.53. The Morgan fingerprint density at radius 3 is 2.52 bits per heavy atom. The molecule has 1 N–H and O–H groups in total. The lowest BCUT2D eigenvalue weighted by Crippen LogP contribution is -2.25. The predicted molar refractivity (Wildman–Crippen MR) is 88.0 cm³/mol. The highest BCUT2D eigenvalue weighted by Crippen LogP contribution is 2.23. The Kier molecular flexibility index (Phi) is 4.90. The SMILES string of the molecule is OC(COc1ccc2nccnc2c1)COc1ccccc1Cl. The van der Waals surface area contributed by atoms with E-state index in [1.165, 1.54) is 0 Å². The first-order valence-corrected chi connectivity index (χ1v) is 7.49. The van der Waals surface area contributed by atoms with E-state index in [-0.39, 0.29) is 13.2 Å². The fourth-order valence-electron chi connectivity index (χ4n) is 2.02. The van der Waals surface area contributed by atoms with E-state index in [0.717, 1.165) is 11.0 Å². The van der Waals surface area contributed by atoms with Crippen molar-refractivity contribution >= 4 is 22.6 Å². The number of benzene rings is 2. The van der Waals surface area contributed by atoms with Crippen molar-refractivity contribution in [3.8, 4) is 11.5 Å². The molecule has 118 valence electrons. The van der Waals surface area contributed by atoms with Gasteiger partial charge in [0.2, 0.25) is 0 Å². The number of aliphatic hydroxyl groups is 1. The molecule has 0 bridgehead atoms. The number of fused-ring (bicyclic) bond motifs is 1. The Morgan fingerprint density at radius 2 is 1.70 bits per heavy atom. The van der Waals surface area contributed by atoms with Crippen molar-refractivity contribution in [2.45, 2.75) is 6.10 Å². The smallest absolute Gasteiger partial charge is 0.138 e. The number of aromatic nitrogens is 2. The molecule has 6 heteroatoms. The van der Waals surface area contributed by atoms with E-state index in [9.17, 15) is 5.11 Å². The number of aliphatic hydroxyl groups excluding tert-OH is 1. The maximum absolute atomic E-state index is 9.95. The van der Waals surface area contributed by atoms with Gasteiger partial charge in [-0.1, -0.05) is 23.7 Å². The Hall–Kier alpha value is -2.37. The molecule has 3 aromatic rings. The van der Waals surface area contributed by atoms with Gasteiger partial charge in [-0.25, -0.2) is 0 Å². The largest absolute Gasteiger partial charge is 0.491 e. The number of ether oxygens (including phenoxy) is 2. The second kappa shape index (κ2) is 7.26. The third kappa shape index (κ3) is 4.09. The van der Waals surface area contributed by atoms with E-state index in [1.807, 2.05) is 18.2 Å². The van der Waals surface area contributed by atoms with Gasteiger partial charge in [-0.15, -0.1) is 0 Å². The van der Waals surface area contributed by atoms with Gasteiger partial charge in [0.25, 0.3) is 0 Å². The average molecular weight is 331 g/mol. The van der Waals surface area contributed by atoms with Crippen molar-refractivity contribution < 1.29 is 14.6 Å². The van der Waals surface area contributed by atoms with Crippen molar-refractivity contribution in [2.24, 2.45) is 0 Å². The second-order valence-corrected chi connectivity index (χ2v) is 5.32. The number of para-hydroxylation sites is 1. The molecule has 0 amide bonds. The van der Waals surface area contributed by atoms with Gasteiger partial charge in [-0.05, 0) is 24.3 Å². The Morgan fingerprint density at radius 1 is 0.957 bits per heavy atom. The minimum Gasteiger partial charge on any atom is -0.491 e. The zero-order valence-electron chi connectivity index (χ0n) is 12.2. The molecule has 23 heavy (non-hydrogen) atoms. The first-order chi connectivity index (χ1) is 11.2. The second-order valence-electron chi connectivity index (χ2n) is 4.91. The lowest BCUT2D eigenvalue weighted by molar-refractivity contribution is 0.0627. The van der Waals surface area contributed by atoms with Crippen LogP contribution in [0.3, 0.4) is 0 Å². The van der Waals surface area contributed by atoms with Crippen LogP contribution < -0.4 is 9.47 Å². The van der Waals surface area contributed by atoms with Gasteiger partial charge >= 0.3 is 0 Å². The topological polar surface area (TPSA) is 64.5 Å². The van der Waals surface area contributed by atoms with Crippen molar-refractivity contribution in [3.63, 3.8) is 0 Å². The quantitative estimate of drug-likeness (QED) is 0.752. The van der Waals surface area contributed by atoms with Crippen LogP contribution in [0.25, 0.3) is 11.0 Å². The molecule has 0 aliphatic heterocycles. The van der Waals surface area contributed by atoms with Gasteiger partial charge in [0.1, 0.15) is 30.8 Å². The van der Waals surface area contributed by atoms with Crippen LogP contribution in [0.5, 0.6) is 11.5 Å². The van der Waals surface area contributed by atoms with Crippen LogP contribution >= 0.6 is 11.6 Å². The zero-order valence-corrected chi connectivity index (χ0v) is 13.0. The van der Waals surface area contributed by atoms with Gasteiger partial charge < -0.3 is 14.6 Å². The monoisotopic (exact) mass is 330 g/mol. The van der Waals surface area contributed by atoms with Crippen molar-refractivity contribution in [2.75, 3.05) is 13.2 Å². The molecular formula is C17H15ClN2O3. The van der Waals surface area contributed by atoms with Gasteiger partial charge in [-0.3, -0.25) is 9.97 Å². The Labute approximate surface area is 138 Å². The first-order valence-electron chi connectivity index (χ1n) is 7.11. The lowest BCUT2D eigenvalue weighted by Gasteiger charge is -2.14. The molecule has 0 saturated carbocycles. The summed E-state index contributed by atoms with van der Waals surface area (Å²) in [5.41, 5.74) is 1.54. The molecule has 0 radical (unpaired) electrons. The number of halogens is 1. The molecule has 0 spiro atoms. The Bertz CT molecular complexity index is 797. The highest BCUT2D eigenvalue weighted by atomic mass is 35.5. The van der Waals surface area contributed by atoms with Gasteiger partial charge in [0, 0.05) is 18.5 Å². The third-order valence-corrected chi connectivity index (χ3v) is 3.46. The van der Waals surface area contributed by atoms with Crippen LogP contribution in [-0.2, 0) is 0 Å². The molecule has 1 atom stereocenters. The maximum atomic E-state index is 9.95. The van der Waals surface area contributed by atoms with Crippen LogP contribution in [0.2, 0.25) is 5.02 Å². The molecule has 0 saturated heterocycles. The molecule has 1 unspecified atom stereocenters. The summed E-state index contributed by atoms with van der Waals surface area (Å²) in [4.78, 5) is 8.40. The highest BCUT2D eigenvalue weighted by Gasteiger charge is 2.09. The molecule has 0 aliphatic rings. The van der Waals surface area contributed by atoms with Crippen LogP contribution in [0.15, 0.2) is 54.9 Å². The number of rotatable bonds is 6. The summed E-state index contributed by atoms with van der Waals surface area (Å²) in [6.07, 6.45) is 2.49. The van der Waals surface area contributed by atoms with Crippen LogP contribution in [0.4, 0.5) is 0 Å². The standard InChI is InChI=1S/C17H15ClN2O3/c18-14-3-1-2-4-17(14)23-11-12(21)10-22-13-5-6-15-16(9-13)20-8-7-19-15/h1-9,12,21H,10-11H2. The molecule has 0 fully saturated rings. The van der Waals surface area contributed by atoms with E-state index in [1.54, 1.807) is 36.7 Å². The zero-order chi connectivity index (χ0) is 16.1. The first kappa shape index (κ1) is 15.5. The average Bonchev–Trinajstić information content (AvgIpc) is 2.59. The van der Waals surface area contributed by atoms with E-state index in [0.29, 0.717) is 16.5 Å². The summed E-state index contributed by atoms with van der Waals surface area (Å²) in [7, 11) is 0.